The molecule has 0 saturated carbocycles. The minimum Gasteiger partial charge on any atom is -0.494 e. The Morgan fingerprint density at radius 1 is 0.967 bits per heavy atom. The molecule has 154 valence electrons. The monoisotopic (exact) mass is 410 g/mol. The molecule has 1 N–H and O–H groups in total. The third-order valence-electron chi connectivity index (χ3n) is 4.74. The molecule has 0 fully saturated rings. The average Bonchev–Trinajstić information content (AvgIpc) is 3.09. The number of nitrogens with zero attached hydrogens (tertiary/aromatic N) is 4. The smallest absolute Gasteiger partial charge is 0.256 e. The van der Waals surface area contributed by atoms with Crippen LogP contribution in [-0.2, 0) is 0 Å². The van der Waals surface area contributed by atoms with E-state index in [1.165, 1.54) is 38.2 Å². The predicted octanol–water partition coefficient (Wildman–Crippen LogP) is 3.66. The Kier molecular flexibility index (Phi) is 4.86. The van der Waals surface area contributed by atoms with E-state index in [0.717, 1.165) is 11.1 Å². The lowest BCUT2D eigenvalue weighted by atomic mass is 10.1. The fourth-order valence-electron chi connectivity index (χ4n) is 3.30. The molecule has 0 spiro atoms. The number of pyridine rings is 3. The van der Waals surface area contributed by atoms with Crippen LogP contribution in [0.5, 0.6) is 23.4 Å². The van der Waals surface area contributed by atoms with E-state index in [1.807, 2.05) is 13.0 Å². The van der Waals surface area contributed by atoms with Crippen LogP contribution in [0.25, 0.3) is 27.8 Å². The Bertz CT molecular complexity index is 1260. The summed E-state index contributed by atoms with van der Waals surface area (Å²) in [4.78, 5) is 12.8. The molecule has 9 heteroatoms. The van der Waals surface area contributed by atoms with Gasteiger partial charge in [0.25, 0.3) is 5.88 Å². The minimum absolute atomic E-state index is 0.0571. The number of hydrogen-bond donors (Lipinski definition) is 1. The number of halogens is 1. The molecule has 30 heavy (non-hydrogen) atoms. The van der Waals surface area contributed by atoms with E-state index < -0.39 is 5.82 Å². The number of methoxy groups -OCH3 is 3. The molecule has 4 aromatic rings. The largest absolute Gasteiger partial charge is 0.494 e. The van der Waals surface area contributed by atoms with Crippen LogP contribution in [0.2, 0.25) is 0 Å². The third-order valence-corrected chi connectivity index (χ3v) is 4.74. The summed E-state index contributed by atoms with van der Waals surface area (Å²) in [6, 6.07) is 4.85. The second-order valence-electron chi connectivity index (χ2n) is 6.53. The molecule has 4 rings (SSSR count). The van der Waals surface area contributed by atoms with Gasteiger partial charge in [0, 0.05) is 24.0 Å². The summed E-state index contributed by atoms with van der Waals surface area (Å²) in [6.07, 6.45) is 4.67. The first-order valence-corrected chi connectivity index (χ1v) is 8.96. The van der Waals surface area contributed by atoms with Crippen molar-refractivity contribution >= 4 is 10.9 Å². The van der Waals surface area contributed by atoms with Crippen LogP contribution in [0.1, 0.15) is 5.56 Å². The molecule has 0 bridgehead atoms. The van der Waals surface area contributed by atoms with Gasteiger partial charge in [-0.3, -0.25) is 4.57 Å². The maximum atomic E-state index is 14.1. The topological polar surface area (TPSA) is 91.5 Å². The van der Waals surface area contributed by atoms with Crippen LogP contribution in [0.4, 0.5) is 4.39 Å². The van der Waals surface area contributed by atoms with Gasteiger partial charge >= 0.3 is 0 Å². The average molecular weight is 410 g/mol. The van der Waals surface area contributed by atoms with Gasteiger partial charge in [0.2, 0.25) is 11.8 Å². The molecule has 0 aliphatic carbocycles. The molecular formula is C21H19FN4O4. The lowest BCUT2D eigenvalue weighted by Gasteiger charge is -2.09. The zero-order valence-electron chi connectivity index (χ0n) is 16.8. The van der Waals surface area contributed by atoms with Crippen molar-refractivity contribution < 1.29 is 23.7 Å². The molecule has 0 saturated heterocycles. The highest BCUT2D eigenvalue weighted by molar-refractivity contribution is 5.90. The van der Waals surface area contributed by atoms with Crippen LogP contribution >= 0.6 is 0 Å². The van der Waals surface area contributed by atoms with E-state index >= 15 is 0 Å². The lowest BCUT2D eigenvalue weighted by Crippen LogP contribution is -1.97. The molecule has 0 unspecified atom stereocenters. The Hall–Kier alpha value is -3.88. The summed E-state index contributed by atoms with van der Waals surface area (Å²) in [6.45, 7) is 1.86. The van der Waals surface area contributed by atoms with Gasteiger partial charge in [-0.2, -0.15) is 0 Å². The highest BCUT2D eigenvalue weighted by Gasteiger charge is 2.17. The van der Waals surface area contributed by atoms with Crippen LogP contribution in [0.15, 0.2) is 36.8 Å². The van der Waals surface area contributed by atoms with Crippen molar-refractivity contribution in [1.82, 2.24) is 19.5 Å². The number of fused-ring (bicyclic) bond motifs is 1. The second kappa shape index (κ2) is 7.51. The van der Waals surface area contributed by atoms with Crippen molar-refractivity contribution in [2.45, 2.75) is 6.92 Å². The quantitative estimate of drug-likeness (QED) is 0.537. The first-order chi connectivity index (χ1) is 14.5. The van der Waals surface area contributed by atoms with Gasteiger partial charge in [0.1, 0.15) is 0 Å². The standard InChI is InChI=1S/C21H19FN4O4/c1-11-5-15(12-6-17(28-2)20(30-4)23-8-12)25-16-10-26(21(27)18(11)16)13-7-14(22)19(29-3)24-9-13/h5-10,27H,1-4H3. The Labute approximate surface area is 171 Å². The molecular weight excluding hydrogens is 391 g/mol. The Morgan fingerprint density at radius 3 is 2.37 bits per heavy atom. The SMILES string of the molecule is COc1cc(-c2cc(C)c3c(O)n(-c4cnc(OC)c(F)c4)cc3n2)cnc1OC. The number of aryl methyl sites for hydroxylation is 1. The minimum atomic E-state index is -0.631. The van der Waals surface area contributed by atoms with Gasteiger partial charge in [-0.05, 0) is 24.6 Å². The maximum absolute atomic E-state index is 14.1. The fourth-order valence-corrected chi connectivity index (χ4v) is 3.30. The number of aromatic hydroxyl groups is 1. The Balaban J connectivity index is 1.85. The predicted molar refractivity (Wildman–Crippen MR) is 108 cm³/mol. The molecule has 0 radical (unpaired) electrons. The molecule has 4 aromatic heterocycles. The fraction of sp³-hybridized carbons (Fsp3) is 0.190. The van der Waals surface area contributed by atoms with Gasteiger partial charge < -0.3 is 19.3 Å². The van der Waals surface area contributed by atoms with Crippen molar-refractivity contribution in [2.24, 2.45) is 0 Å². The number of ether oxygens (including phenoxy) is 3. The normalized spacial score (nSPS) is 11.0. The second-order valence-corrected chi connectivity index (χ2v) is 6.53. The van der Waals surface area contributed by atoms with Crippen LogP contribution < -0.4 is 14.2 Å². The van der Waals surface area contributed by atoms with E-state index in [1.54, 1.807) is 18.5 Å². The van der Waals surface area contributed by atoms with E-state index in [-0.39, 0.29) is 11.8 Å². The van der Waals surface area contributed by atoms with E-state index in [0.29, 0.717) is 33.9 Å². The van der Waals surface area contributed by atoms with Gasteiger partial charge in [0.15, 0.2) is 11.6 Å². The van der Waals surface area contributed by atoms with Gasteiger partial charge in [0.05, 0.1) is 49.8 Å². The van der Waals surface area contributed by atoms with Crippen LogP contribution in [0, 0.1) is 12.7 Å². The summed E-state index contributed by atoms with van der Waals surface area (Å²) in [7, 11) is 4.39. The summed E-state index contributed by atoms with van der Waals surface area (Å²) in [5.74, 6) is 0.0476. The molecule has 8 nitrogen and oxygen atoms in total. The molecule has 0 aliphatic rings. The molecule has 0 amide bonds. The summed E-state index contributed by atoms with van der Waals surface area (Å²) < 4.78 is 30.9. The van der Waals surface area contributed by atoms with Crippen molar-refractivity contribution in [1.29, 1.82) is 0 Å². The van der Waals surface area contributed by atoms with Crippen molar-refractivity contribution in [3.05, 3.63) is 48.2 Å². The summed E-state index contributed by atoms with van der Waals surface area (Å²) in [5.41, 5.74) is 3.04. The highest BCUT2D eigenvalue weighted by Crippen LogP contribution is 2.35. The number of hydrogen-bond acceptors (Lipinski definition) is 7. The number of rotatable bonds is 5. The lowest BCUT2D eigenvalue weighted by molar-refractivity contribution is 0.343. The maximum Gasteiger partial charge on any atom is 0.256 e. The zero-order valence-corrected chi connectivity index (χ0v) is 16.8. The number of aromatic nitrogens is 4. The van der Waals surface area contributed by atoms with Crippen molar-refractivity contribution in [3.63, 3.8) is 0 Å². The van der Waals surface area contributed by atoms with Crippen molar-refractivity contribution in [2.75, 3.05) is 21.3 Å². The first-order valence-electron chi connectivity index (χ1n) is 8.96. The molecule has 0 aliphatic heterocycles. The Morgan fingerprint density at radius 2 is 1.70 bits per heavy atom. The van der Waals surface area contributed by atoms with Gasteiger partial charge in [-0.1, -0.05) is 0 Å². The molecule has 0 aromatic carbocycles. The van der Waals surface area contributed by atoms with E-state index in [4.69, 9.17) is 14.2 Å². The van der Waals surface area contributed by atoms with Crippen LogP contribution in [-0.4, -0.2) is 46.0 Å². The molecule has 0 atom stereocenters. The van der Waals surface area contributed by atoms with E-state index in [2.05, 4.69) is 15.0 Å². The van der Waals surface area contributed by atoms with Gasteiger partial charge in [-0.15, -0.1) is 0 Å². The van der Waals surface area contributed by atoms with E-state index in [9.17, 15) is 9.50 Å². The summed E-state index contributed by atoms with van der Waals surface area (Å²) >= 11 is 0. The zero-order chi connectivity index (χ0) is 21.4. The van der Waals surface area contributed by atoms with Gasteiger partial charge in [-0.25, -0.2) is 19.3 Å². The molecule has 4 heterocycles. The van der Waals surface area contributed by atoms with Crippen molar-refractivity contribution in [3.8, 4) is 40.3 Å². The van der Waals surface area contributed by atoms with Crippen LogP contribution in [0.3, 0.4) is 0 Å². The first kappa shape index (κ1) is 19.4. The highest BCUT2D eigenvalue weighted by atomic mass is 19.1. The third kappa shape index (κ3) is 3.14. The summed E-state index contributed by atoms with van der Waals surface area (Å²) in [5, 5.41) is 11.3.